The van der Waals surface area contributed by atoms with Gasteiger partial charge in [-0.2, -0.15) is 0 Å². The van der Waals surface area contributed by atoms with Gasteiger partial charge in [0.15, 0.2) is 6.10 Å². The summed E-state index contributed by atoms with van der Waals surface area (Å²) in [5.74, 6) is -0.964. The van der Waals surface area contributed by atoms with Crippen LogP contribution >= 0.6 is 0 Å². The van der Waals surface area contributed by atoms with Gasteiger partial charge in [0.25, 0.3) is 0 Å². The zero-order valence-corrected chi connectivity index (χ0v) is 39.0. The minimum absolute atomic E-state index is 0.0924. The minimum Gasteiger partial charge on any atom is -0.462 e. The number of carbonyl (C=O) groups excluding carboxylic acids is 3. The normalized spacial score (nSPS) is 12.4. The Bertz CT molecular complexity index is 1040. The fourth-order valence-corrected chi connectivity index (χ4v) is 7.06. The van der Waals surface area contributed by atoms with Crippen LogP contribution in [0, 0.1) is 0 Å². The standard InChI is InChI=1S/C53H94O6/c1-4-7-10-13-16-19-22-25-28-31-34-37-40-43-46-52(55)58-49-50(48-57-51(54)45-42-39-36-33-30-27-24-21-18-15-12-9-6-3)59-53(56)47-44-41-38-35-32-29-26-23-20-17-14-11-8-5-2/h7,10,16,19,27,30,36,39,50H,4-6,8-9,11-15,17-18,20-26,28-29,31-35,37-38,40-49H2,1-3H3/b10-7+,19-16+,30-27+,39-36+. The quantitative estimate of drug-likeness (QED) is 0.0263. The lowest BCUT2D eigenvalue weighted by molar-refractivity contribution is -0.166. The van der Waals surface area contributed by atoms with Gasteiger partial charge in [-0.25, -0.2) is 0 Å². The van der Waals surface area contributed by atoms with Crippen LogP contribution in [-0.4, -0.2) is 37.2 Å². The van der Waals surface area contributed by atoms with Gasteiger partial charge in [0.2, 0.25) is 0 Å². The third kappa shape index (κ3) is 46.3. The third-order valence-electron chi connectivity index (χ3n) is 10.8. The summed E-state index contributed by atoms with van der Waals surface area (Å²) in [5.41, 5.74) is 0. The summed E-state index contributed by atoms with van der Waals surface area (Å²) in [5, 5.41) is 0. The molecule has 6 heteroatoms. The van der Waals surface area contributed by atoms with E-state index >= 15 is 0 Å². The Morgan fingerprint density at radius 1 is 0.356 bits per heavy atom. The predicted octanol–water partition coefficient (Wildman–Crippen LogP) is 16.3. The average molecular weight is 827 g/mol. The van der Waals surface area contributed by atoms with Crippen LogP contribution in [0.5, 0.6) is 0 Å². The monoisotopic (exact) mass is 827 g/mol. The molecule has 0 bridgehead atoms. The number of unbranched alkanes of at least 4 members (excludes halogenated alkanes) is 26. The van der Waals surface area contributed by atoms with Gasteiger partial charge >= 0.3 is 17.9 Å². The molecule has 0 aromatic carbocycles. The number of carbonyl (C=O) groups is 3. The molecule has 0 fully saturated rings. The maximum atomic E-state index is 12.8. The summed E-state index contributed by atoms with van der Waals surface area (Å²) in [7, 11) is 0. The van der Waals surface area contributed by atoms with Crippen molar-refractivity contribution in [2.45, 2.75) is 258 Å². The van der Waals surface area contributed by atoms with Crippen LogP contribution in [0.4, 0.5) is 0 Å². The molecule has 0 heterocycles. The van der Waals surface area contributed by atoms with Crippen LogP contribution in [0.1, 0.15) is 252 Å². The predicted molar refractivity (Wildman–Crippen MR) is 252 cm³/mol. The molecule has 0 amide bonds. The van der Waals surface area contributed by atoms with E-state index in [0.29, 0.717) is 19.3 Å². The Labute approximate surface area is 365 Å². The molecular weight excluding hydrogens is 733 g/mol. The highest BCUT2D eigenvalue weighted by atomic mass is 16.6. The van der Waals surface area contributed by atoms with Crippen LogP contribution < -0.4 is 0 Å². The zero-order chi connectivity index (χ0) is 43.0. The number of rotatable bonds is 45. The van der Waals surface area contributed by atoms with Gasteiger partial charge in [-0.15, -0.1) is 0 Å². The maximum absolute atomic E-state index is 12.8. The summed E-state index contributed by atoms with van der Waals surface area (Å²) >= 11 is 0. The Kier molecular flexibility index (Phi) is 45.9. The first kappa shape index (κ1) is 56.4. The Hall–Kier alpha value is -2.63. The molecule has 0 aromatic rings. The van der Waals surface area contributed by atoms with E-state index < -0.39 is 6.10 Å². The minimum atomic E-state index is -0.794. The molecule has 342 valence electrons. The Balaban J connectivity index is 4.43. The SMILES string of the molecule is CC/C=C/C/C=C/CCCCCCCCCC(=O)OCC(COC(=O)CC/C=C/C/C=C/CCCCCCCC)OC(=O)CCCCCCCCCCCCCCCC. The maximum Gasteiger partial charge on any atom is 0.306 e. The number of allylic oxidation sites excluding steroid dienone is 8. The summed E-state index contributed by atoms with van der Waals surface area (Å²) < 4.78 is 16.7. The lowest BCUT2D eigenvalue weighted by Crippen LogP contribution is -2.30. The van der Waals surface area contributed by atoms with Crippen molar-refractivity contribution in [2.24, 2.45) is 0 Å². The highest BCUT2D eigenvalue weighted by Crippen LogP contribution is 2.15. The summed E-state index contributed by atoms with van der Waals surface area (Å²) in [6, 6.07) is 0. The largest absolute Gasteiger partial charge is 0.462 e. The molecule has 0 saturated heterocycles. The first-order valence-corrected chi connectivity index (χ1v) is 25.1. The zero-order valence-electron chi connectivity index (χ0n) is 39.0. The fourth-order valence-electron chi connectivity index (χ4n) is 7.06. The second-order valence-corrected chi connectivity index (χ2v) is 16.7. The summed E-state index contributed by atoms with van der Waals surface area (Å²) in [6.07, 6.45) is 56.8. The van der Waals surface area contributed by atoms with E-state index in [2.05, 4.69) is 63.3 Å². The van der Waals surface area contributed by atoms with Crippen LogP contribution in [0.15, 0.2) is 48.6 Å². The van der Waals surface area contributed by atoms with E-state index in [9.17, 15) is 14.4 Å². The number of esters is 3. The molecular formula is C53H94O6. The molecule has 0 aromatic heterocycles. The van der Waals surface area contributed by atoms with E-state index in [4.69, 9.17) is 14.2 Å². The smallest absolute Gasteiger partial charge is 0.306 e. The Morgan fingerprint density at radius 2 is 0.695 bits per heavy atom. The van der Waals surface area contributed by atoms with Crippen LogP contribution in [0.25, 0.3) is 0 Å². The average Bonchev–Trinajstić information content (AvgIpc) is 3.23. The number of hydrogen-bond acceptors (Lipinski definition) is 6. The van der Waals surface area contributed by atoms with Gasteiger partial charge in [-0.3, -0.25) is 14.4 Å². The van der Waals surface area contributed by atoms with E-state index in [1.165, 1.54) is 135 Å². The van der Waals surface area contributed by atoms with Crippen LogP contribution in [0.2, 0.25) is 0 Å². The molecule has 0 saturated carbocycles. The van der Waals surface area contributed by atoms with Crippen molar-refractivity contribution in [3.05, 3.63) is 48.6 Å². The lowest BCUT2D eigenvalue weighted by Gasteiger charge is -2.18. The molecule has 1 atom stereocenters. The van der Waals surface area contributed by atoms with E-state index in [0.717, 1.165) is 70.6 Å². The molecule has 0 spiro atoms. The van der Waals surface area contributed by atoms with Crippen LogP contribution in [-0.2, 0) is 28.6 Å². The third-order valence-corrected chi connectivity index (χ3v) is 10.8. The molecule has 59 heavy (non-hydrogen) atoms. The van der Waals surface area contributed by atoms with Crippen molar-refractivity contribution in [3.63, 3.8) is 0 Å². The van der Waals surface area contributed by atoms with Crippen molar-refractivity contribution in [1.82, 2.24) is 0 Å². The second-order valence-electron chi connectivity index (χ2n) is 16.7. The number of ether oxygens (including phenoxy) is 3. The van der Waals surface area contributed by atoms with Crippen LogP contribution in [0.3, 0.4) is 0 Å². The molecule has 0 radical (unpaired) electrons. The first-order valence-electron chi connectivity index (χ1n) is 25.1. The van der Waals surface area contributed by atoms with Crippen molar-refractivity contribution in [2.75, 3.05) is 13.2 Å². The lowest BCUT2D eigenvalue weighted by atomic mass is 10.0. The van der Waals surface area contributed by atoms with Gasteiger partial charge in [-0.1, -0.05) is 217 Å². The molecule has 6 nitrogen and oxygen atoms in total. The molecule has 0 aliphatic carbocycles. The number of hydrogen-bond donors (Lipinski definition) is 0. The molecule has 0 aliphatic rings. The van der Waals surface area contributed by atoms with E-state index in [1.807, 2.05) is 6.08 Å². The Morgan fingerprint density at radius 3 is 1.12 bits per heavy atom. The highest BCUT2D eigenvalue weighted by molar-refractivity contribution is 5.71. The van der Waals surface area contributed by atoms with E-state index in [1.54, 1.807) is 0 Å². The highest BCUT2D eigenvalue weighted by Gasteiger charge is 2.19. The van der Waals surface area contributed by atoms with Gasteiger partial charge in [-0.05, 0) is 64.2 Å². The van der Waals surface area contributed by atoms with Crippen molar-refractivity contribution >= 4 is 17.9 Å². The topological polar surface area (TPSA) is 78.9 Å². The van der Waals surface area contributed by atoms with Crippen molar-refractivity contribution < 1.29 is 28.6 Å². The molecule has 0 N–H and O–H groups in total. The van der Waals surface area contributed by atoms with Gasteiger partial charge < -0.3 is 14.2 Å². The summed E-state index contributed by atoms with van der Waals surface area (Å²) in [4.78, 5) is 37.9. The van der Waals surface area contributed by atoms with Crippen molar-refractivity contribution in [3.8, 4) is 0 Å². The molecule has 0 aliphatic heterocycles. The molecule has 0 rings (SSSR count). The van der Waals surface area contributed by atoms with E-state index in [-0.39, 0.29) is 37.5 Å². The van der Waals surface area contributed by atoms with Gasteiger partial charge in [0.1, 0.15) is 13.2 Å². The summed E-state index contributed by atoms with van der Waals surface area (Å²) in [6.45, 7) is 6.47. The fraction of sp³-hybridized carbons (Fsp3) is 0.792. The van der Waals surface area contributed by atoms with Gasteiger partial charge in [0.05, 0.1) is 0 Å². The molecule has 1 unspecified atom stereocenters. The van der Waals surface area contributed by atoms with Crippen molar-refractivity contribution in [1.29, 1.82) is 0 Å². The first-order chi connectivity index (χ1) is 29.0. The second kappa shape index (κ2) is 48.0. The van der Waals surface area contributed by atoms with Gasteiger partial charge in [0, 0.05) is 19.3 Å².